The lowest BCUT2D eigenvalue weighted by atomic mass is 10.1. The first-order valence-electron chi connectivity index (χ1n) is 9.19. The van der Waals surface area contributed by atoms with Gasteiger partial charge in [0.25, 0.3) is 5.91 Å². The highest BCUT2D eigenvalue weighted by atomic mass is 32.2. The highest BCUT2D eigenvalue weighted by Crippen LogP contribution is 2.19. The van der Waals surface area contributed by atoms with E-state index in [4.69, 9.17) is 0 Å². The summed E-state index contributed by atoms with van der Waals surface area (Å²) in [5.74, 6) is -0.0828. The van der Waals surface area contributed by atoms with Crippen molar-refractivity contribution in [2.75, 3.05) is 32.4 Å². The summed E-state index contributed by atoms with van der Waals surface area (Å²) in [6.45, 7) is 5.76. The largest absolute Gasteiger partial charge is 0.337 e. The van der Waals surface area contributed by atoms with E-state index in [9.17, 15) is 13.2 Å². The van der Waals surface area contributed by atoms with Crippen LogP contribution in [0.1, 0.15) is 35.0 Å². The van der Waals surface area contributed by atoms with Crippen molar-refractivity contribution in [3.8, 4) is 5.69 Å². The first-order chi connectivity index (χ1) is 12.8. The van der Waals surface area contributed by atoms with E-state index in [1.807, 2.05) is 42.8 Å². The highest BCUT2D eigenvalue weighted by Gasteiger charge is 2.27. The smallest absolute Gasteiger partial charge is 0.257 e. The second-order valence-electron chi connectivity index (χ2n) is 6.91. The quantitative estimate of drug-likeness (QED) is 0.798. The van der Waals surface area contributed by atoms with Gasteiger partial charge in [-0.05, 0) is 31.9 Å². The van der Waals surface area contributed by atoms with Crippen molar-refractivity contribution < 1.29 is 13.2 Å². The Morgan fingerprint density at radius 3 is 2.44 bits per heavy atom. The minimum absolute atomic E-state index is 0.0828. The molecule has 7 nitrogen and oxygen atoms in total. The number of hydrogen-bond acceptors (Lipinski definition) is 4. The van der Waals surface area contributed by atoms with Gasteiger partial charge < -0.3 is 4.90 Å². The van der Waals surface area contributed by atoms with E-state index in [2.05, 4.69) is 5.10 Å². The van der Waals surface area contributed by atoms with Gasteiger partial charge in [-0.1, -0.05) is 24.6 Å². The van der Waals surface area contributed by atoms with Crippen LogP contribution in [0.3, 0.4) is 0 Å². The van der Waals surface area contributed by atoms with Crippen molar-refractivity contribution in [2.24, 2.45) is 0 Å². The van der Waals surface area contributed by atoms with Crippen molar-refractivity contribution in [2.45, 2.75) is 26.7 Å². The Morgan fingerprint density at radius 1 is 1.11 bits per heavy atom. The summed E-state index contributed by atoms with van der Waals surface area (Å²) in [5.41, 5.74) is 3.55. The van der Waals surface area contributed by atoms with Crippen molar-refractivity contribution in [1.82, 2.24) is 19.0 Å². The average molecular weight is 391 g/mol. The zero-order valence-electron chi connectivity index (χ0n) is 16.1. The fourth-order valence-electron chi connectivity index (χ4n) is 3.40. The van der Waals surface area contributed by atoms with Crippen molar-refractivity contribution >= 4 is 15.9 Å². The molecule has 0 N–H and O–H groups in total. The van der Waals surface area contributed by atoms with Gasteiger partial charge in [-0.2, -0.15) is 5.10 Å². The number of benzene rings is 1. The van der Waals surface area contributed by atoms with Gasteiger partial charge in [0.15, 0.2) is 0 Å². The minimum atomic E-state index is -3.23. The van der Waals surface area contributed by atoms with Gasteiger partial charge in [-0.3, -0.25) is 4.79 Å². The van der Waals surface area contributed by atoms with Crippen LogP contribution < -0.4 is 0 Å². The molecule has 1 fully saturated rings. The topological polar surface area (TPSA) is 75.5 Å². The third-order valence-corrected chi connectivity index (χ3v) is 6.23. The van der Waals surface area contributed by atoms with E-state index >= 15 is 0 Å². The average Bonchev–Trinajstić information content (AvgIpc) is 2.88. The molecule has 0 bridgehead atoms. The third-order valence-electron chi connectivity index (χ3n) is 4.92. The Morgan fingerprint density at radius 2 is 1.81 bits per heavy atom. The molecule has 1 aromatic carbocycles. The first-order valence-corrected chi connectivity index (χ1v) is 11.0. The van der Waals surface area contributed by atoms with E-state index < -0.39 is 10.0 Å². The van der Waals surface area contributed by atoms with Crippen LogP contribution in [0.4, 0.5) is 0 Å². The number of nitrogens with zero attached hydrogens (tertiary/aromatic N) is 4. The maximum atomic E-state index is 13.1. The third kappa shape index (κ3) is 4.22. The molecule has 1 amide bonds. The van der Waals surface area contributed by atoms with Crippen LogP contribution in [-0.2, 0) is 16.4 Å². The number of carbonyl (C=O) groups excluding carboxylic acids is 1. The van der Waals surface area contributed by atoms with E-state index in [1.165, 1.54) is 16.1 Å². The molecule has 2 aromatic rings. The number of aromatic nitrogens is 2. The monoisotopic (exact) mass is 390 g/mol. The lowest BCUT2D eigenvalue weighted by molar-refractivity contribution is 0.0763. The normalized spacial score (nSPS) is 16.3. The molecule has 1 aliphatic heterocycles. The second kappa shape index (κ2) is 7.82. The Balaban J connectivity index is 1.84. The van der Waals surface area contributed by atoms with E-state index in [0.29, 0.717) is 44.6 Å². The number of amides is 1. The first kappa shape index (κ1) is 19.6. The number of carbonyl (C=O) groups is 1. The van der Waals surface area contributed by atoms with Crippen LogP contribution in [-0.4, -0.2) is 65.7 Å². The second-order valence-corrected chi connectivity index (χ2v) is 8.90. The lowest BCUT2D eigenvalue weighted by Gasteiger charge is -2.21. The zero-order chi connectivity index (χ0) is 19.6. The molecule has 1 saturated heterocycles. The molecule has 1 aliphatic rings. The molecular formula is C19H26N4O3S. The lowest BCUT2D eigenvalue weighted by Crippen LogP contribution is -2.37. The summed E-state index contributed by atoms with van der Waals surface area (Å²) in [7, 11) is -3.23. The van der Waals surface area contributed by atoms with Crippen LogP contribution >= 0.6 is 0 Å². The van der Waals surface area contributed by atoms with Crippen molar-refractivity contribution in [1.29, 1.82) is 0 Å². The standard InChI is InChI=1S/C19H26N4O3S/c1-4-18-17(14-20-23(18)16-8-6-15(2)7-9-16)19(24)21-10-5-11-22(13-12-21)27(3,25)26/h6-9,14H,4-5,10-13H2,1-3H3. The Labute approximate surface area is 160 Å². The number of rotatable bonds is 4. The molecule has 27 heavy (non-hydrogen) atoms. The van der Waals surface area contributed by atoms with Crippen LogP contribution in [0, 0.1) is 6.92 Å². The number of sulfonamides is 1. The fraction of sp³-hybridized carbons (Fsp3) is 0.474. The summed E-state index contributed by atoms with van der Waals surface area (Å²) < 4.78 is 26.8. The molecular weight excluding hydrogens is 364 g/mol. The summed E-state index contributed by atoms with van der Waals surface area (Å²) >= 11 is 0. The van der Waals surface area contributed by atoms with Crippen molar-refractivity contribution in [3.63, 3.8) is 0 Å². The van der Waals surface area contributed by atoms with Gasteiger partial charge in [0, 0.05) is 26.2 Å². The molecule has 1 aromatic heterocycles. The van der Waals surface area contributed by atoms with E-state index in [-0.39, 0.29) is 5.91 Å². The van der Waals surface area contributed by atoms with Gasteiger partial charge in [0.2, 0.25) is 10.0 Å². The molecule has 8 heteroatoms. The van der Waals surface area contributed by atoms with Crippen LogP contribution in [0.2, 0.25) is 0 Å². The molecule has 0 atom stereocenters. The molecule has 0 unspecified atom stereocenters. The van der Waals surface area contributed by atoms with Gasteiger partial charge in [-0.15, -0.1) is 0 Å². The molecule has 2 heterocycles. The zero-order valence-corrected chi connectivity index (χ0v) is 16.9. The summed E-state index contributed by atoms with van der Waals surface area (Å²) in [5, 5.41) is 4.44. The summed E-state index contributed by atoms with van der Waals surface area (Å²) in [6, 6.07) is 8.02. The van der Waals surface area contributed by atoms with E-state index in [1.54, 1.807) is 11.1 Å². The van der Waals surface area contributed by atoms with Crippen molar-refractivity contribution in [3.05, 3.63) is 47.3 Å². The summed E-state index contributed by atoms with van der Waals surface area (Å²) in [6.07, 6.45) is 4.15. The molecule has 0 radical (unpaired) electrons. The van der Waals surface area contributed by atoms with Gasteiger partial charge >= 0.3 is 0 Å². The molecule has 146 valence electrons. The van der Waals surface area contributed by atoms with E-state index in [0.717, 1.165) is 11.4 Å². The molecule has 0 spiro atoms. The van der Waals surface area contributed by atoms with Gasteiger partial charge in [0.05, 0.1) is 29.4 Å². The molecule has 0 aliphatic carbocycles. The molecule has 0 saturated carbocycles. The van der Waals surface area contributed by atoms with Gasteiger partial charge in [0.1, 0.15) is 0 Å². The Kier molecular flexibility index (Phi) is 5.67. The van der Waals surface area contributed by atoms with Crippen LogP contribution in [0.25, 0.3) is 5.69 Å². The highest BCUT2D eigenvalue weighted by molar-refractivity contribution is 7.88. The Hall–Kier alpha value is -2.19. The predicted octanol–water partition coefficient (Wildman–Crippen LogP) is 1.85. The minimum Gasteiger partial charge on any atom is -0.337 e. The predicted molar refractivity (Wildman–Crippen MR) is 105 cm³/mol. The summed E-state index contributed by atoms with van der Waals surface area (Å²) in [4.78, 5) is 14.8. The van der Waals surface area contributed by atoms with Crippen LogP contribution in [0.15, 0.2) is 30.5 Å². The number of aryl methyl sites for hydroxylation is 1. The Bertz CT molecular complexity index is 919. The maximum Gasteiger partial charge on any atom is 0.257 e. The SMILES string of the molecule is CCc1c(C(=O)N2CCCN(S(C)(=O)=O)CC2)cnn1-c1ccc(C)cc1. The number of hydrogen-bond donors (Lipinski definition) is 0. The molecule has 3 rings (SSSR count). The van der Waals surface area contributed by atoms with Crippen LogP contribution in [0.5, 0.6) is 0 Å². The van der Waals surface area contributed by atoms with Gasteiger partial charge in [-0.25, -0.2) is 17.4 Å². The fourth-order valence-corrected chi connectivity index (χ4v) is 4.27. The maximum absolute atomic E-state index is 13.1.